The van der Waals surface area contributed by atoms with Gasteiger partial charge in [-0.3, -0.25) is 0 Å². The molecule has 18 heavy (non-hydrogen) atoms. The summed E-state index contributed by atoms with van der Waals surface area (Å²) in [5, 5.41) is 14.3. The van der Waals surface area contributed by atoms with Crippen LogP contribution in [0.25, 0.3) is 15.7 Å². The van der Waals surface area contributed by atoms with E-state index in [0.29, 0.717) is 17.8 Å². The second kappa shape index (κ2) is 3.84. The van der Waals surface area contributed by atoms with E-state index in [9.17, 15) is 5.11 Å². The number of phenols is 1. The van der Waals surface area contributed by atoms with Crippen LogP contribution in [0.5, 0.6) is 5.75 Å². The first kappa shape index (κ1) is 10.6. The fourth-order valence-corrected chi connectivity index (χ4v) is 4.17. The molecule has 2 N–H and O–H groups in total. The molecule has 2 aliphatic heterocycles. The van der Waals surface area contributed by atoms with Crippen molar-refractivity contribution in [1.82, 2.24) is 5.32 Å². The monoisotopic (exact) mass is 257 g/mol. The van der Waals surface area contributed by atoms with Crippen molar-refractivity contribution in [3.05, 3.63) is 35.2 Å². The third-order valence-corrected chi connectivity index (χ3v) is 5.15. The molecule has 1 fully saturated rings. The van der Waals surface area contributed by atoms with Crippen LogP contribution in [0.15, 0.2) is 30.3 Å². The second-order valence-corrected chi connectivity index (χ2v) is 6.36. The fourth-order valence-electron chi connectivity index (χ4n) is 3.09. The van der Waals surface area contributed by atoms with Gasteiger partial charge in [0, 0.05) is 21.7 Å². The van der Waals surface area contributed by atoms with E-state index in [1.54, 1.807) is 6.07 Å². The Morgan fingerprint density at radius 2 is 2.17 bits per heavy atom. The molecule has 2 aliphatic rings. The summed E-state index contributed by atoms with van der Waals surface area (Å²) < 4.78 is 1.26. The van der Waals surface area contributed by atoms with Gasteiger partial charge in [-0.25, -0.2) is 0 Å². The lowest BCUT2D eigenvalue weighted by Gasteiger charge is -2.20. The maximum absolute atomic E-state index is 9.52. The zero-order valence-corrected chi connectivity index (χ0v) is 10.8. The third kappa shape index (κ3) is 1.66. The van der Waals surface area contributed by atoms with Crippen molar-refractivity contribution in [3.8, 4) is 5.75 Å². The van der Waals surface area contributed by atoms with E-state index in [0.717, 1.165) is 11.8 Å². The van der Waals surface area contributed by atoms with Crippen molar-refractivity contribution in [3.63, 3.8) is 0 Å². The molecule has 1 aromatic heterocycles. The van der Waals surface area contributed by atoms with Crippen LogP contribution >= 0.6 is 11.3 Å². The Labute approximate surface area is 110 Å². The number of aromatic hydroxyl groups is 1. The molecule has 2 aromatic rings. The smallest absolute Gasteiger partial charge is 0.116 e. The van der Waals surface area contributed by atoms with Gasteiger partial charge in [0.2, 0.25) is 0 Å². The highest BCUT2D eigenvalue weighted by atomic mass is 32.1. The zero-order valence-electron chi connectivity index (χ0n) is 10.0. The van der Waals surface area contributed by atoms with Crippen LogP contribution in [-0.4, -0.2) is 17.2 Å². The van der Waals surface area contributed by atoms with Crippen molar-refractivity contribution in [2.24, 2.45) is 0 Å². The first-order valence-corrected chi connectivity index (χ1v) is 7.29. The van der Waals surface area contributed by atoms with E-state index in [-0.39, 0.29) is 0 Å². The number of phenolic OH excluding ortho intramolecular Hbond substituents is 1. The summed E-state index contributed by atoms with van der Waals surface area (Å²) in [5.41, 5.74) is 1.49. The van der Waals surface area contributed by atoms with Crippen LogP contribution in [0.4, 0.5) is 0 Å². The maximum Gasteiger partial charge on any atom is 0.116 e. The van der Waals surface area contributed by atoms with Crippen molar-refractivity contribution >= 4 is 27.0 Å². The van der Waals surface area contributed by atoms with Gasteiger partial charge >= 0.3 is 0 Å². The molecule has 0 unspecified atom stereocenters. The van der Waals surface area contributed by atoms with Gasteiger partial charge in [0.15, 0.2) is 0 Å². The number of nitrogens with one attached hydrogen (secondary N) is 1. The van der Waals surface area contributed by atoms with Crippen LogP contribution < -0.4 is 5.32 Å². The molecule has 0 aliphatic carbocycles. The van der Waals surface area contributed by atoms with Gasteiger partial charge in [-0.15, -0.1) is 11.3 Å². The number of fused-ring (bicyclic) bond motifs is 3. The van der Waals surface area contributed by atoms with Crippen LogP contribution in [0.3, 0.4) is 0 Å². The van der Waals surface area contributed by atoms with Crippen LogP contribution in [-0.2, 0) is 0 Å². The molecular weight excluding hydrogens is 242 g/mol. The molecule has 2 atom stereocenters. The Balaban J connectivity index is 1.78. The molecule has 0 radical (unpaired) electrons. The standard InChI is InChI=1S/C15H15NOS/c17-13-3-4-14-10(7-13)8-15(18-14)9-5-11-1-2-12(6-9)16-11/h3-5,7-8,11-12,16-17H,1-2,6H2/t11-,12+/m0/s1. The van der Waals surface area contributed by atoms with E-state index >= 15 is 0 Å². The Morgan fingerprint density at radius 1 is 1.22 bits per heavy atom. The average Bonchev–Trinajstić information content (AvgIpc) is 2.92. The number of benzene rings is 1. The SMILES string of the molecule is Oc1ccc2sc(C3=C[C@@H]4CC[C@H](C3)N4)cc2c1. The number of hydrogen-bond acceptors (Lipinski definition) is 3. The number of thiophene rings is 1. The summed E-state index contributed by atoms with van der Waals surface area (Å²) >= 11 is 1.84. The van der Waals surface area contributed by atoms with Gasteiger partial charge in [-0.05, 0) is 54.5 Å². The van der Waals surface area contributed by atoms with Crippen LogP contribution in [0, 0.1) is 0 Å². The second-order valence-electron chi connectivity index (χ2n) is 5.28. The van der Waals surface area contributed by atoms with Crippen LogP contribution in [0.2, 0.25) is 0 Å². The maximum atomic E-state index is 9.52. The lowest BCUT2D eigenvalue weighted by molar-refractivity contribution is 0.476. The van der Waals surface area contributed by atoms with E-state index in [2.05, 4.69) is 17.5 Å². The van der Waals surface area contributed by atoms with E-state index < -0.39 is 0 Å². The summed E-state index contributed by atoms with van der Waals surface area (Å²) in [6.07, 6.45) is 6.12. The van der Waals surface area contributed by atoms with E-state index in [1.165, 1.54) is 28.0 Å². The molecule has 0 saturated carbocycles. The fraction of sp³-hybridized carbons (Fsp3) is 0.333. The minimum absolute atomic E-state index is 0.353. The summed E-state index contributed by atoms with van der Waals surface area (Å²) in [5.74, 6) is 0.353. The summed E-state index contributed by atoms with van der Waals surface area (Å²) in [4.78, 5) is 1.37. The number of hydrogen-bond donors (Lipinski definition) is 2. The van der Waals surface area contributed by atoms with Gasteiger partial charge < -0.3 is 10.4 Å². The topological polar surface area (TPSA) is 32.3 Å². The highest BCUT2D eigenvalue weighted by Gasteiger charge is 2.28. The van der Waals surface area contributed by atoms with Gasteiger partial charge in [0.25, 0.3) is 0 Å². The summed E-state index contributed by atoms with van der Waals surface area (Å²) in [7, 11) is 0. The van der Waals surface area contributed by atoms with Gasteiger partial charge in [0.05, 0.1) is 0 Å². The third-order valence-electron chi connectivity index (χ3n) is 3.96. The first-order chi connectivity index (χ1) is 8.78. The molecule has 2 nitrogen and oxygen atoms in total. The molecule has 1 saturated heterocycles. The van der Waals surface area contributed by atoms with Crippen molar-refractivity contribution in [2.75, 3.05) is 0 Å². The lowest BCUT2D eigenvalue weighted by Crippen LogP contribution is -2.31. The lowest BCUT2D eigenvalue weighted by atomic mass is 10.0. The molecule has 3 heterocycles. The molecule has 0 spiro atoms. The Kier molecular flexibility index (Phi) is 2.26. The first-order valence-electron chi connectivity index (χ1n) is 6.47. The van der Waals surface area contributed by atoms with Gasteiger partial charge in [0.1, 0.15) is 5.75 Å². The normalized spacial score (nSPS) is 26.6. The minimum atomic E-state index is 0.353. The number of rotatable bonds is 1. The molecule has 1 aromatic carbocycles. The molecule has 0 amide bonds. The molecular formula is C15H15NOS. The largest absolute Gasteiger partial charge is 0.508 e. The predicted molar refractivity (Wildman–Crippen MR) is 76.0 cm³/mol. The predicted octanol–water partition coefficient (Wildman–Crippen LogP) is 3.51. The van der Waals surface area contributed by atoms with Crippen molar-refractivity contribution < 1.29 is 5.11 Å². The minimum Gasteiger partial charge on any atom is -0.508 e. The molecule has 3 heteroatoms. The van der Waals surface area contributed by atoms with Crippen LogP contribution in [0.1, 0.15) is 24.1 Å². The average molecular weight is 257 g/mol. The summed E-state index contributed by atoms with van der Waals surface area (Å²) in [6, 6.07) is 9.10. The molecule has 2 bridgehead atoms. The zero-order chi connectivity index (χ0) is 12.1. The Bertz CT molecular complexity index is 643. The van der Waals surface area contributed by atoms with E-state index in [4.69, 9.17) is 0 Å². The molecule has 4 rings (SSSR count). The molecule has 92 valence electrons. The quantitative estimate of drug-likeness (QED) is 0.819. The van der Waals surface area contributed by atoms with E-state index in [1.807, 2.05) is 23.5 Å². The Hall–Kier alpha value is -1.32. The van der Waals surface area contributed by atoms with Crippen molar-refractivity contribution in [1.29, 1.82) is 0 Å². The Morgan fingerprint density at radius 3 is 3.06 bits per heavy atom. The van der Waals surface area contributed by atoms with Gasteiger partial charge in [-0.2, -0.15) is 0 Å². The van der Waals surface area contributed by atoms with Gasteiger partial charge in [-0.1, -0.05) is 6.08 Å². The van der Waals surface area contributed by atoms with Crippen molar-refractivity contribution in [2.45, 2.75) is 31.3 Å². The highest BCUT2D eigenvalue weighted by Crippen LogP contribution is 2.38. The highest BCUT2D eigenvalue weighted by molar-refractivity contribution is 7.20. The summed E-state index contributed by atoms with van der Waals surface area (Å²) in [6.45, 7) is 0.